The molecule has 0 bridgehead atoms. The van der Waals surface area contributed by atoms with E-state index < -0.39 is 17.4 Å². The zero-order valence-corrected chi connectivity index (χ0v) is 20.3. The Labute approximate surface area is 205 Å². The minimum Gasteiger partial charge on any atom is -0.491 e. The molecule has 2 aromatic carbocycles. The normalized spacial score (nSPS) is 17.5. The molecule has 7 heteroatoms. The number of carbonyl (C=O) groups is 2. The number of nitrogens with zero attached hydrogens (tertiary/aromatic N) is 1. The number of aliphatic carboxylic acids is 1. The van der Waals surface area contributed by atoms with E-state index in [4.69, 9.17) is 9.47 Å². The smallest absolute Gasteiger partial charge is 0.331 e. The molecular weight excluding hydrogens is 444 g/mol. The number of rotatable bonds is 6. The number of methoxy groups -OCH3 is 1. The molecule has 1 unspecified atom stereocenters. The van der Waals surface area contributed by atoms with Crippen LogP contribution in [-0.2, 0) is 16.1 Å². The van der Waals surface area contributed by atoms with E-state index in [0.717, 1.165) is 35.1 Å². The van der Waals surface area contributed by atoms with Crippen molar-refractivity contribution in [3.63, 3.8) is 0 Å². The molecule has 0 saturated heterocycles. The van der Waals surface area contributed by atoms with E-state index in [2.05, 4.69) is 16.0 Å². The Morgan fingerprint density at radius 2 is 1.94 bits per heavy atom. The molecule has 7 nitrogen and oxygen atoms in total. The zero-order valence-electron chi connectivity index (χ0n) is 20.3. The van der Waals surface area contributed by atoms with Crippen molar-refractivity contribution in [1.82, 2.24) is 9.88 Å². The van der Waals surface area contributed by atoms with Crippen LogP contribution in [0.1, 0.15) is 60.9 Å². The third kappa shape index (κ3) is 4.18. The molecule has 1 aliphatic heterocycles. The van der Waals surface area contributed by atoms with Gasteiger partial charge in [-0.05, 0) is 55.5 Å². The van der Waals surface area contributed by atoms with E-state index in [-0.39, 0.29) is 6.61 Å². The molecule has 0 spiro atoms. The lowest BCUT2D eigenvalue weighted by Crippen LogP contribution is -2.55. The van der Waals surface area contributed by atoms with Crippen molar-refractivity contribution in [3.8, 4) is 17.0 Å². The first-order valence-electron chi connectivity index (χ1n) is 12.4. The van der Waals surface area contributed by atoms with Crippen LogP contribution in [0.25, 0.3) is 22.2 Å². The molecule has 1 fully saturated rings. The van der Waals surface area contributed by atoms with Gasteiger partial charge < -0.3 is 24.5 Å². The minimum absolute atomic E-state index is 0.128. The summed E-state index contributed by atoms with van der Waals surface area (Å²) in [6, 6.07) is 13.9. The first-order valence-corrected chi connectivity index (χ1v) is 12.4. The number of fused-ring (bicyclic) bond motifs is 5. The first kappa shape index (κ1) is 23.4. The van der Waals surface area contributed by atoms with Crippen LogP contribution in [0.15, 0.2) is 42.5 Å². The van der Waals surface area contributed by atoms with Gasteiger partial charge in [0.05, 0.1) is 18.8 Å². The Morgan fingerprint density at radius 3 is 2.69 bits per heavy atom. The van der Waals surface area contributed by atoms with Gasteiger partial charge in [-0.3, -0.25) is 4.79 Å². The van der Waals surface area contributed by atoms with Crippen LogP contribution >= 0.6 is 0 Å². The van der Waals surface area contributed by atoms with Gasteiger partial charge in [0.2, 0.25) is 0 Å². The van der Waals surface area contributed by atoms with E-state index in [1.807, 2.05) is 30.3 Å². The van der Waals surface area contributed by atoms with Gasteiger partial charge in [0.1, 0.15) is 12.4 Å². The third-order valence-corrected chi connectivity index (χ3v) is 7.39. The third-order valence-electron chi connectivity index (χ3n) is 7.39. The molecular formula is C28H32N2O5. The van der Waals surface area contributed by atoms with E-state index in [0.29, 0.717) is 24.6 Å². The summed E-state index contributed by atoms with van der Waals surface area (Å²) in [6.07, 6.45) is 6.04. The molecule has 2 N–H and O–H groups in total. The highest BCUT2D eigenvalue weighted by atomic mass is 16.5. The average molecular weight is 477 g/mol. The summed E-state index contributed by atoms with van der Waals surface area (Å²) < 4.78 is 13.4. The number of ether oxygens (including phenoxy) is 2. The SMILES string of the molecule is COCC(C)(NC(=O)c1ccc2c(C3CCCCC3)c3n(c2c1)CCOc1ccccc1-3)C(=O)O. The standard InChI is InChI=1S/C28H32N2O5/c1-28(17-34-2,27(32)33)29-26(31)19-12-13-20-22(16-19)30-14-15-35-23-11-7-6-10-21(23)25(30)24(20)18-8-4-3-5-9-18/h6-7,10-13,16,18H,3-5,8-9,14-15,17H2,1-2H3,(H,29,31)(H,32,33). The largest absolute Gasteiger partial charge is 0.491 e. The maximum Gasteiger partial charge on any atom is 0.331 e. The van der Waals surface area contributed by atoms with Crippen molar-refractivity contribution in [3.05, 3.63) is 53.6 Å². The van der Waals surface area contributed by atoms with Gasteiger partial charge >= 0.3 is 5.97 Å². The first-order chi connectivity index (χ1) is 16.9. The summed E-state index contributed by atoms with van der Waals surface area (Å²) in [6.45, 7) is 2.54. The summed E-state index contributed by atoms with van der Waals surface area (Å²) in [5.74, 6) is -0.223. The number of hydrogen-bond donors (Lipinski definition) is 2. The second kappa shape index (κ2) is 9.38. The number of para-hydroxylation sites is 1. The maximum absolute atomic E-state index is 13.2. The van der Waals surface area contributed by atoms with Gasteiger partial charge in [0, 0.05) is 29.1 Å². The Kier molecular flexibility index (Phi) is 6.28. The second-order valence-electron chi connectivity index (χ2n) is 9.85. The Morgan fingerprint density at radius 1 is 1.17 bits per heavy atom. The lowest BCUT2D eigenvalue weighted by molar-refractivity contribution is -0.145. The molecule has 1 atom stereocenters. The Hall–Kier alpha value is -3.32. The summed E-state index contributed by atoms with van der Waals surface area (Å²) in [5.41, 5.74) is 3.52. The molecule has 2 aliphatic rings. The van der Waals surface area contributed by atoms with Crippen LogP contribution in [0.5, 0.6) is 5.75 Å². The Bertz CT molecular complexity index is 1270. The summed E-state index contributed by atoms with van der Waals surface area (Å²) >= 11 is 0. The molecule has 0 radical (unpaired) electrons. The van der Waals surface area contributed by atoms with Gasteiger partial charge in [-0.15, -0.1) is 0 Å². The molecule has 1 aliphatic carbocycles. The van der Waals surface area contributed by atoms with Crippen molar-refractivity contribution in [2.75, 3.05) is 20.3 Å². The van der Waals surface area contributed by atoms with Gasteiger partial charge in [0.25, 0.3) is 5.91 Å². The predicted octanol–water partition coefficient (Wildman–Crippen LogP) is 4.97. The molecule has 35 heavy (non-hydrogen) atoms. The van der Waals surface area contributed by atoms with Crippen molar-refractivity contribution in [2.45, 2.75) is 57.0 Å². The molecule has 5 rings (SSSR count). The maximum atomic E-state index is 13.2. The number of aromatic nitrogens is 1. The van der Waals surface area contributed by atoms with Gasteiger partial charge in [-0.1, -0.05) is 37.5 Å². The summed E-state index contributed by atoms with van der Waals surface area (Å²) in [7, 11) is 1.42. The molecule has 2 heterocycles. The highest BCUT2D eigenvalue weighted by molar-refractivity contribution is 6.02. The van der Waals surface area contributed by atoms with Gasteiger partial charge in [-0.2, -0.15) is 0 Å². The van der Waals surface area contributed by atoms with Crippen LogP contribution in [0.4, 0.5) is 0 Å². The molecule has 1 aromatic heterocycles. The van der Waals surface area contributed by atoms with Crippen molar-refractivity contribution >= 4 is 22.8 Å². The lowest BCUT2D eigenvalue weighted by Gasteiger charge is -2.25. The van der Waals surface area contributed by atoms with Crippen molar-refractivity contribution < 1.29 is 24.2 Å². The van der Waals surface area contributed by atoms with Crippen LogP contribution in [0.2, 0.25) is 0 Å². The van der Waals surface area contributed by atoms with Crippen molar-refractivity contribution in [2.24, 2.45) is 0 Å². The summed E-state index contributed by atoms with van der Waals surface area (Å²) in [5, 5.41) is 13.5. The Balaban J connectivity index is 1.65. The zero-order chi connectivity index (χ0) is 24.6. The van der Waals surface area contributed by atoms with E-state index in [1.54, 1.807) is 6.07 Å². The van der Waals surface area contributed by atoms with Crippen LogP contribution in [0.3, 0.4) is 0 Å². The highest BCUT2D eigenvalue weighted by Crippen LogP contribution is 2.47. The second-order valence-corrected chi connectivity index (χ2v) is 9.85. The van der Waals surface area contributed by atoms with Crippen LogP contribution < -0.4 is 10.1 Å². The average Bonchev–Trinajstić information content (AvgIpc) is 3.05. The fourth-order valence-corrected chi connectivity index (χ4v) is 5.64. The molecule has 3 aromatic rings. The fourth-order valence-electron chi connectivity index (χ4n) is 5.64. The van der Waals surface area contributed by atoms with Gasteiger partial charge in [-0.25, -0.2) is 4.79 Å². The number of benzene rings is 2. The lowest BCUT2D eigenvalue weighted by atomic mass is 9.81. The number of carbonyl (C=O) groups excluding carboxylic acids is 1. The van der Waals surface area contributed by atoms with Crippen LogP contribution in [0, 0.1) is 0 Å². The number of amides is 1. The minimum atomic E-state index is -1.52. The predicted molar refractivity (Wildman–Crippen MR) is 134 cm³/mol. The summed E-state index contributed by atoms with van der Waals surface area (Å²) in [4.78, 5) is 25.0. The number of hydrogen-bond acceptors (Lipinski definition) is 4. The molecule has 184 valence electrons. The fraction of sp³-hybridized carbons (Fsp3) is 0.429. The van der Waals surface area contributed by atoms with E-state index in [1.165, 1.54) is 44.6 Å². The molecule has 1 amide bonds. The quantitative estimate of drug-likeness (QED) is 0.524. The van der Waals surface area contributed by atoms with E-state index >= 15 is 0 Å². The monoisotopic (exact) mass is 476 g/mol. The van der Waals surface area contributed by atoms with Crippen molar-refractivity contribution in [1.29, 1.82) is 0 Å². The number of nitrogens with one attached hydrogen (secondary N) is 1. The number of carboxylic acid groups (broad SMARTS) is 1. The highest BCUT2D eigenvalue weighted by Gasteiger charge is 2.36. The topological polar surface area (TPSA) is 89.8 Å². The number of carboxylic acids is 1. The van der Waals surface area contributed by atoms with E-state index in [9.17, 15) is 14.7 Å². The molecule has 1 saturated carbocycles. The van der Waals surface area contributed by atoms with Gasteiger partial charge in [0.15, 0.2) is 5.54 Å². The van der Waals surface area contributed by atoms with Crippen LogP contribution in [-0.4, -0.2) is 47.4 Å².